The van der Waals surface area contributed by atoms with E-state index >= 15 is 0 Å². The van der Waals surface area contributed by atoms with E-state index in [0.29, 0.717) is 16.9 Å². The average molecular weight is 686 g/mol. The Morgan fingerprint density at radius 3 is 2.40 bits per heavy atom. The normalized spacial score (nSPS) is 17.5. The van der Waals surface area contributed by atoms with E-state index in [1.807, 2.05) is 32.0 Å². The van der Waals surface area contributed by atoms with Crippen molar-refractivity contribution in [1.82, 2.24) is 34.1 Å². The molecule has 0 aliphatic carbocycles. The highest BCUT2D eigenvalue weighted by molar-refractivity contribution is 9.10. The van der Waals surface area contributed by atoms with Gasteiger partial charge in [-0.05, 0) is 70.6 Å². The minimum atomic E-state index is -4.63. The van der Waals surface area contributed by atoms with Crippen molar-refractivity contribution in [2.45, 2.75) is 46.0 Å². The summed E-state index contributed by atoms with van der Waals surface area (Å²) in [7, 11) is 2.09. The van der Waals surface area contributed by atoms with E-state index in [1.165, 1.54) is 21.6 Å². The largest absolute Gasteiger partial charge is 0.417 e. The average Bonchev–Trinajstić information content (AvgIpc) is 3.34. The highest BCUT2D eigenvalue weighted by Gasteiger charge is 2.36. The van der Waals surface area contributed by atoms with Gasteiger partial charge in [-0.3, -0.25) is 9.59 Å². The second kappa shape index (κ2) is 11.7. The molecule has 6 rings (SSSR count). The number of likely N-dealkylation sites (N-methyl/N-ethyl adjacent to an activating group) is 1. The number of rotatable bonds is 4. The standard InChI is InChI=1S/C31H32BrF3N8O2/c1-18-13-20(3)43(38-18)30-37-26-17-41(28(44)21-5-7-25(32)24(15-21)31(33,34)35)19(2)14-23(26)29(45)42(30)22-6-8-27(36-16-22)40-11-9-39(4)10-12-40/h5-8,13,15-16,19H,9-12,14,17H2,1-4H3. The van der Waals surface area contributed by atoms with E-state index in [9.17, 15) is 22.8 Å². The number of amides is 1. The molecule has 1 fully saturated rings. The molecular weight excluding hydrogens is 653 g/mol. The van der Waals surface area contributed by atoms with E-state index in [0.717, 1.165) is 49.5 Å². The number of alkyl halides is 3. The van der Waals surface area contributed by atoms with Crippen LogP contribution in [0.1, 0.15) is 45.5 Å². The van der Waals surface area contributed by atoms with E-state index in [1.54, 1.807) is 17.8 Å². The van der Waals surface area contributed by atoms with Crippen molar-refractivity contribution in [2.75, 3.05) is 38.1 Å². The van der Waals surface area contributed by atoms with Crippen molar-refractivity contribution in [1.29, 1.82) is 0 Å². The predicted octanol–water partition coefficient (Wildman–Crippen LogP) is 4.55. The summed E-state index contributed by atoms with van der Waals surface area (Å²) in [6.45, 7) is 8.99. The van der Waals surface area contributed by atoms with Crippen LogP contribution in [-0.2, 0) is 19.1 Å². The Morgan fingerprint density at radius 2 is 1.78 bits per heavy atom. The van der Waals surface area contributed by atoms with Crippen LogP contribution >= 0.6 is 15.9 Å². The van der Waals surface area contributed by atoms with Crippen LogP contribution in [0.3, 0.4) is 0 Å². The predicted molar refractivity (Wildman–Crippen MR) is 166 cm³/mol. The van der Waals surface area contributed by atoms with Gasteiger partial charge in [-0.25, -0.2) is 19.2 Å². The summed E-state index contributed by atoms with van der Waals surface area (Å²) in [6.07, 6.45) is -2.79. The first kappa shape index (κ1) is 31.0. The Labute approximate surface area is 266 Å². The van der Waals surface area contributed by atoms with E-state index in [2.05, 4.69) is 42.9 Å². The van der Waals surface area contributed by atoms with Gasteiger partial charge in [0.25, 0.3) is 11.5 Å². The molecule has 45 heavy (non-hydrogen) atoms. The number of carbonyl (C=O) groups excluding carboxylic acids is 1. The molecule has 0 bridgehead atoms. The summed E-state index contributed by atoms with van der Waals surface area (Å²) >= 11 is 2.93. The summed E-state index contributed by atoms with van der Waals surface area (Å²) in [4.78, 5) is 43.3. The van der Waals surface area contributed by atoms with Crippen LogP contribution in [0.2, 0.25) is 0 Å². The highest BCUT2D eigenvalue weighted by Crippen LogP contribution is 2.36. The molecule has 0 radical (unpaired) electrons. The molecule has 3 aromatic heterocycles. The number of nitrogens with zero attached hydrogens (tertiary/aromatic N) is 8. The maximum Gasteiger partial charge on any atom is 0.417 e. The van der Waals surface area contributed by atoms with E-state index in [-0.39, 0.29) is 34.5 Å². The van der Waals surface area contributed by atoms with Crippen molar-refractivity contribution < 1.29 is 18.0 Å². The fraction of sp³-hybridized carbons (Fsp3) is 0.387. The molecule has 236 valence electrons. The number of piperazine rings is 1. The molecule has 0 spiro atoms. The van der Waals surface area contributed by atoms with Crippen molar-refractivity contribution in [3.05, 3.63) is 91.2 Å². The van der Waals surface area contributed by atoms with Crippen LogP contribution in [-0.4, -0.2) is 79.3 Å². The second-order valence-electron chi connectivity index (χ2n) is 11.7. The third kappa shape index (κ3) is 5.88. The van der Waals surface area contributed by atoms with Crippen molar-refractivity contribution in [3.8, 4) is 11.6 Å². The van der Waals surface area contributed by atoms with Crippen LogP contribution < -0.4 is 10.5 Å². The smallest absolute Gasteiger partial charge is 0.354 e. The number of pyridine rings is 1. The van der Waals surface area contributed by atoms with Crippen LogP contribution in [0.5, 0.6) is 0 Å². The van der Waals surface area contributed by atoms with Crippen molar-refractivity contribution in [3.63, 3.8) is 0 Å². The molecule has 0 N–H and O–H groups in total. The molecule has 14 heteroatoms. The molecular formula is C31H32BrF3N8O2. The zero-order chi connectivity index (χ0) is 32.2. The number of hydrogen-bond acceptors (Lipinski definition) is 7. The lowest BCUT2D eigenvalue weighted by atomic mass is 9.98. The number of hydrogen-bond donors (Lipinski definition) is 0. The Morgan fingerprint density at radius 1 is 1.04 bits per heavy atom. The number of aryl methyl sites for hydroxylation is 2. The van der Waals surface area contributed by atoms with Crippen LogP contribution in [0, 0.1) is 13.8 Å². The van der Waals surface area contributed by atoms with Crippen LogP contribution in [0.25, 0.3) is 11.6 Å². The number of aromatic nitrogens is 5. The number of anilines is 1. The summed E-state index contributed by atoms with van der Waals surface area (Å²) < 4.78 is 43.7. The third-order valence-corrected chi connectivity index (χ3v) is 9.08. The van der Waals surface area contributed by atoms with Gasteiger partial charge in [0.05, 0.1) is 35.4 Å². The topological polar surface area (TPSA) is 92.4 Å². The van der Waals surface area contributed by atoms with Gasteiger partial charge >= 0.3 is 6.18 Å². The maximum atomic E-state index is 14.2. The molecule has 2 aliphatic rings. The number of fused-ring (bicyclic) bond motifs is 1. The highest BCUT2D eigenvalue weighted by atomic mass is 79.9. The number of carbonyl (C=O) groups is 1. The van der Waals surface area contributed by atoms with E-state index in [4.69, 9.17) is 4.98 Å². The molecule has 1 aromatic carbocycles. The zero-order valence-electron chi connectivity index (χ0n) is 25.3. The Hall–Kier alpha value is -4.04. The van der Waals surface area contributed by atoms with Gasteiger partial charge in [0, 0.05) is 53.5 Å². The molecule has 1 unspecified atom stereocenters. The molecule has 5 heterocycles. The Balaban J connectivity index is 1.40. The molecule has 2 aliphatic heterocycles. The van der Waals surface area contributed by atoms with Crippen LogP contribution in [0.4, 0.5) is 19.0 Å². The number of benzene rings is 1. The molecule has 1 saturated heterocycles. The van der Waals surface area contributed by atoms with Gasteiger partial charge in [-0.2, -0.15) is 18.3 Å². The first-order chi connectivity index (χ1) is 21.3. The van der Waals surface area contributed by atoms with Crippen molar-refractivity contribution >= 4 is 27.7 Å². The molecule has 10 nitrogen and oxygen atoms in total. The van der Waals surface area contributed by atoms with E-state index < -0.39 is 23.7 Å². The fourth-order valence-electron chi connectivity index (χ4n) is 5.90. The zero-order valence-corrected chi connectivity index (χ0v) is 26.9. The second-order valence-corrected chi connectivity index (χ2v) is 12.5. The van der Waals surface area contributed by atoms with Gasteiger partial charge < -0.3 is 14.7 Å². The van der Waals surface area contributed by atoms with Gasteiger partial charge in [-0.1, -0.05) is 15.9 Å². The third-order valence-electron chi connectivity index (χ3n) is 8.39. The maximum absolute atomic E-state index is 14.2. The lowest BCUT2D eigenvalue weighted by molar-refractivity contribution is -0.138. The molecule has 4 aromatic rings. The summed E-state index contributed by atoms with van der Waals surface area (Å²) in [5, 5.41) is 4.58. The lowest BCUT2D eigenvalue weighted by Gasteiger charge is -2.35. The van der Waals surface area contributed by atoms with Crippen LogP contribution in [0.15, 0.2) is 51.9 Å². The summed E-state index contributed by atoms with van der Waals surface area (Å²) in [5.74, 6) is 0.486. The van der Waals surface area contributed by atoms with Gasteiger partial charge in [0.15, 0.2) is 0 Å². The molecule has 1 atom stereocenters. The van der Waals surface area contributed by atoms with Gasteiger partial charge in [0.1, 0.15) is 5.82 Å². The first-order valence-electron chi connectivity index (χ1n) is 14.6. The number of halogens is 4. The molecule has 0 saturated carbocycles. The Kier molecular flexibility index (Phi) is 8.06. The quantitative estimate of drug-likeness (QED) is 0.312. The molecule has 1 amide bonds. The lowest BCUT2D eigenvalue weighted by Crippen LogP contribution is -2.46. The monoisotopic (exact) mass is 684 g/mol. The first-order valence-corrected chi connectivity index (χ1v) is 15.4. The summed E-state index contributed by atoms with van der Waals surface area (Å²) in [5.41, 5.74) is 1.48. The minimum absolute atomic E-state index is 0.0459. The van der Waals surface area contributed by atoms with Gasteiger partial charge in [0.2, 0.25) is 5.95 Å². The Bertz CT molecular complexity index is 1830. The van der Waals surface area contributed by atoms with Crippen molar-refractivity contribution in [2.24, 2.45) is 0 Å². The van der Waals surface area contributed by atoms with Gasteiger partial charge in [-0.15, -0.1) is 0 Å². The fourth-order valence-corrected chi connectivity index (χ4v) is 6.37. The summed E-state index contributed by atoms with van der Waals surface area (Å²) in [6, 6.07) is 8.57. The minimum Gasteiger partial charge on any atom is -0.354 e. The SMILES string of the molecule is Cc1cc(C)n(-c2nc3c(c(=O)n2-c2ccc(N4CCN(C)CC4)nc2)CC(C)N(C(=O)c2ccc(Br)c(C(F)(F)F)c2)C3)n1.